The average molecular weight is 397 g/mol. The number of aryl methyl sites for hydroxylation is 1. The number of benzene rings is 2. The molecule has 28 heavy (non-hydrogen) atoms. The summed E-state index contributed by atoms with van der Waals surface area (Å²) in [4.78, 5) is 32.7. The first kappa shape index (κ1) is 20.1. The Morgan fingerprint density at radius 3 is 2.61 bits per heavy atom. The predicted octanol–water partition coefficient (Wildman–Crippen LogP) is 4.61. The number of hydrogen-bond acceptors (Lipinski definition) is 5. The Hall–Kier alpha value is -2.60. The molecule has 6 heteroatoms. The van der Waals surface area contributed by atoms with Crippen molar-refractivity contribution in [1.29, 1.82) is 0 Å². The number of ether oxygens (including phenoxy) is 1. The monoisotopic (exact) mass is 396 g/mol. The van der Waals surface area contributed by atoms with Crippen LogP contribution in [0.4, 0.5) is 0 Å². The number of hydrogen-bond donors (Lipinski definition) is 1. The molecule has 0 atom stereocenters. The number of fused-ring (bicyclic) bond motifs is 1. The summed E-state index contributed by atoms with van der Waals surface area (Å²) < 4.78 is 4.75. The maximum atomic E-state index is 12.4. The Morgan fingerprint density at radius 1 is 1.18 bits per heavy atom. The third-order valence-corrected chi connectivity index (χ3v) is 5.76. The van der Waals surface area contributed by atoms with Crippen LogP contribution in [0.1, 0.15) is 48.1 Å². The molecule has 0 saturated heterocycles. The molecule has 0 aliphatic heterocycles. The van der Waals surface area contributed by atoms with E-state index in [1.54, 1.807) is 30.0 Å². The van der Waals surface area contributed by atoms with Gasteiger partial charge >= 0.3 is 5.97 Å². The van der Waals surface area contributed by atoms with Crippen LogP contribution in [0.25, 0.3) is 10.9 Å². The van der Waals surface area contributed by atoms with Crippen LogP contribution in [0, 0.1) is 6.92 Å². The topological polar surface area (TPSA) is 72.1 Å². The van der Waals surface area contributed by atoms with Crippen molar-refractivity contribution in [3.63, 3.8) is 0 Å². The van der Waals surface area contributed by atoms with Crippen molar-refractivity contribution in [2.45, 2.75) is 43.8 Å². The lowest BCUT2D eigenvalue weighted by molar-refractivity contribution is 0.0601. The Labute approximate surface area is 168 Å². The molecule has 2 aromatic carbocycles. The number of carbonyl (C=O) groups excluding carboxylic acids is 1. The van der Waals surface area contributed by atoms with Gasteiger partial charge in [0.1, 0.15) is 5.82 Å². The number of nitrogens with zero attached hydrogens (tertiary/aromatic N) is 1. The van der Waals surface area contributed by atoms with Crippen LogP contribution in [-0.2, 0) is 15.9 Å². The normalized spacial score (nSPS) is 11.6. The molecule has 0 aliphatic rings. The highest BCUT2D eigenvalue weighted by atomic mass is 32.2. The molecule has 1 aromatic heterocycles. The second kappa shape index (κ2) is 7.80. The van der Waals surface area contributed by atoms with Gasteiger partial charge < -0.3 is 9.72 Å². The van der Waals surface area contributed by atoms with Crippen molar-refractivity contribution >= 4 is 28.6 Å². The van der Waals surface area contributed by atoms with E-state index in [1.807, 2.05) is 0 Å². The maximum Gasteiger partial charge on any atom is 0.337 e. The Bertz CT molecular complexity index is 1100. The van der Waals surface area contributed by atoms with E-state index >= 15 is 0 Å². The van der Waals surface area contributed by atoms with Gasteiger partial charge in [0.2, 0.25) is 0 Å². The second-order valence-electron chi connectivity index (χ2n) is 7.76. The summed E-state index contributed by atoms with van der Waals surface area (Å²) in [6, 6.07) is 11.2. The predicted molar refractivity (Wildman–Crippen MR) is 113 cm³/mol. The van der Waals surface area contributed by atoms with Gasteiger partial charge in [-0.05, 0) is 47.7 Å². The molecule has 0 radical (unpaired) electrons. The number of H-pyrrole nitrogens is 1. The number of rotatable bonds is 4. The average Bonchev–Trinajstić information content (AvgIpc) is 2.65. The highest BCUT2D eigenvalue weighted by Gasteiger charge is 2.15. The first-order valence-corrected chi connectivity index (χ1v) is 10.0. The number of esters is 1. The van der Waals surface area contributed by atoms with Gasteiger partial charge in [-0.1, -0.05) is 32.9 Å². The van der Waals surface area contributed by atoms with Crippen molar-refractivity contribution in [1.82, 2.24) is 9.97 Å². The van der Waals surface area contributed by atoms with Crippen molar-refractivity contribution < 1.29 is 9.53 Å². The largest absolute Gasteiger partial charge is 0.465 e. The molecule has 1 N–H and O–H groups in total. The summed E-state index contributed by atoms with van der Waals surface area (Å²) in [5, 5.41) is 0.451. The smallest absolute Gasteiger partial charge is 0.337 e. The van der Waals surface area contributed by atoms with Crippen LogP contribution < -0.4 is 5.56 Å². The number of carbonyl (C=O) groups is 1. The van der Waals surface area contributed by atoms with Gasteiger partial charge in [-0.2, -0.15) is 0 Å². The lowest BCUT2D eigenvalue weighted by Crippen LogP contribution is -2.12. The van der Waals surface area contributed by atoms with Crippen molar-refractivity contribution in [3.8, 4) is 0 Å². The molecule has 0 amide bonds. The Kier molecular flexibility index (Phi) is 5.61. The summed E-state index contributed by atoms with van der Waals surface area (Å²) in [5.74, 6) is 0.654. The Morgan fingerprint density at radius 2 is 1.93 bits per heavy atom. The molecular weight excluding hydrogens is 372 g/mol. The minimum atomic E-state index is -0.450. The molecule has 0 spiro atoms. The molecule has 0 unspecified atom stereocenters. The van der Waals surface area contributed by atoms with E-state index in [0.717, 1.165) is 0 Å². The number of methoxy groups -OCH3 is 1. The second-order valence-corrected chi connectivity index (χ2v) is 8.77. The SMILES string of the molecule is COC(=O)c1ccc2c(=O)[nH]c(CSc3cc(C(C)(C)C)ccc3C)nc2c1. The van der Waals surface area contributed by atoms with Crippen LogP contribution in [0.15, 0.2) is 46.1 Å². The van der Waals surface area contributed by atoms with Gasteiger partial charge in [-0.3, -0.25) is 4.79 Å². The van der Waals surface area contributed by atoms with E-state index in [1.165, 1.54) is 23.1 Å². The molecule has 3 aromatic rings. The summed E-state index contributed by atoms with van der Waals surface area (Å²) in [7, 11) is 1.33. The number of aromatic nitrogens is 2. The molecule has 5 nitrogen and oxygen atoms in total. The van der Waals surface area contributed by atoms with E-state index in [-0.39, 0.29) is 11.0 Å². The third kappa shape index (κ3) is 4.28. The summed E-state index contributed by atoms with van der Waals surface area (Å²) in [5.41, 5.74) is 3.18. The highest BCUT2D eigenvalue weighted by Crippen LogP contribution is 2.31. The summed E-state index contributed by atoms with van der Waals surface area (Å²) >= 11 is 1.64. The lowest BCUT2D eigenvalue weighted by atomic mass is 9.87. The van der Waals surface area contributed by atoms with Crippen LogP contribution in [0.3, 0.4) is 0 Å². The number of aromatic amines is 1. The van der Waals surface area contributed by atoms with Gasteiger partial charge in [-0.15, -0.1) is 11.8 Å². The molecule has 0 fully saturated rings. The van der Waals surface area contributed by atoms with E-state index in [9.17, 15) is 9.59 Å². The fourth-order valence-electron chi connectivity index (χ4n) is 2.87. The highest BCUT2D eigenvalue weighted by molar-refractivity contribution is 7.98. The lowest BCUT2D eigenvalue weighted by Gasteiger charge is -2.20. The first-order chi connectivity index (χ1) is 13.2. The molecule has 0 aliphatic carbocycles. The van der Waals surface area contributed by atoms with Gasteiger partial charge in [-0.25, -0.2) is 9.78 Å². The third-order valence-electron chi connectivity index (χ3n) is 4.60. The maximum absolute atomic E-state index is 12.4. The standard InChI is InChI=1S/C22H24N2O3S/c1-13-6-8-15(22(2,3)4)11-18(13)28-12-19-23-17-10-14(21(26)27-5)7-9-16(17)20(25)24-19/h6-11H,12H2,1-5H3,(H,23,24,25). The van der Waals surface area contributed by atoms with E-state index < -0.39 is 5.97 Å². The molecule has 146 valence electrons. The van der Waals surface area contributed by atoms with Gasteiger partial charge in [0.05, 0.1) is 29.3 Å². The van der Waals surface area contributed by atoms with E-state index in [0.29, 0.717) is 28.0 Å². The fraction of sp³-hybridized carbons (Fsp3) is 0.318. The Balaban J connectivity index is 1.91. The van der Waals surface area contributed by atoms with Crippen LogP contribution in [0.2, 0.25) is 0 Å². The van der Waals surface area contributed by atoms with Gasteiger partial charge in [0.25, 0.3) is 5.56 Å². The minimum absolute atomic E-state index is 0.0722. The van der Waals surface area contributed by atoms with Crippen molar-refractivity contribution in [2.75, 3.05) is 7.11 Å². The van der Waals surface area contributed by atoms with Crippen LogP contribution in [-0.4, -0.2) is 23.0 Å². The van der Waals surface area contributed by atoms with Crippen molar-refractivity contribution in [2.24, 2.45) is 0 Å². The van der Waals surface area contributed by atoms with E-state index in [2.05, 4.69) is 55.9 Å². The fourth-order valence-corrected chi connectivity index (χ4v) is 3.80. The zero-order valence-electron chi connectivity index (χ0n) is 16.8. The van der Waals surface area contributed by atoms with Crippen LogP contribution in [0.5, 0.6) is 0 Å². The quantitative estimate of drug-likeness (QED) is 0.515. The van der Waals surface area contributed by atoms with Gasteiger partial charge in [0.15, 0.2) is 0 Å². The van der Waals surface area contributed by atoms with Gasteiger partial charge in [0, 0.05) is 4.90 Å². The number of nitrogens with one attached hydrogen (secondary N) is 1. The zero-order chi connectivity index (χ0) is 20.5. The molecule has 3 rings (SSSR count). The van der Waals surface area contributed by atoms with Crippen molar-refractivity contribution in [3.05, 3.63) is 69.3 Å². The summed E-state index contributed by atoms with van der Waals surface area (Å²) in [6.45, 7) is 8.64. The number of thioether (sulfide) groups is 1. The molecule has 0 bridgehead atoms. The molecule has 1 heterocycles. The molecular formula is C22H24N2O3S. The first-order valence-electron chi connectivity index (χ1n) is 9.04. The van der Waals surface area contributed by atoms with Crippen LogP contribution >= 0.6 is 11.8 Å². The molecule has 0 saturated carbocycles. The zero-order valence-corrected chi connectivity index (χ0v) is 17.6. The van der Waals surface area contributed by atoms with E-state index in [4.69, 9.17) is 4.74 Å². The summed E-state index contributed by atoms with van der Waals surface area (Å²) in [6.07, 6.45) is 0. The minimum Gasteiger partial charge on any atom is -0.465 e.